The van der Waals surface area contributed by atoms with Gasteiger partial charge < -0.3 is 4.74 Å². The van der Waals surface area contributed by atoms with Crippen molar-refractivity contribution in [1.29, 1.82) is 0 Å². The molecule has 248 valence electrons. The molecule has 49 heavy (non-hydrogen) atoms. The van der Waals surface area contributed by atoms with Crippen molar-refractivity contribution in [2.75, 3.05) is 0 Å². The molecule has 0 bridgehead atoms. The Morgan fingerprint density at radius 2 is 1.47 bits per heavy atom. The van der Waals surface area contributed by atoms with Gasteiger partial charge in [-0.1, -0.05) is 77.9 Å². The van der Waals surface area contributed by atoms with Gasteiger partial charge in [0.05, 0.1) is 22.4 Å². The minimum atomic E-state index is 0.158. The maximum atomic E-state index is 6.74. The zero-order valence-electron chi connectivity index (χ0n) is 30.2. The van der Waals surface area contributed by atoms with Crippen LogP contribution >= 0.6 is 0 Å². The van der Waals surface area contributed by atoms with Crippen molar-refractivity contribution in [3.63, 3.8) is 0 Å². The molecule has 7 rings (SSSR count). The lowest BCUT2D eigenvalue weighted by atomic mass is 9.77. The van der Waals surface area contributed by atoms with E-state index in [0.29, 0.717) is 11.8 Å². The van der Waals surface area contributed by atoms with Gasteiger partial charge in [0.25, 0.3) is 0 Å². The molecule has 1 unspecified atom stereocenters. The predicted octanol–water partition coefficient (Wildman–Crippen LogP) is 12.0. The van der Waals surface area contributed by atoms with Crippen molar-refractivity contribution in [2.24, 2.45) is 5.41 Å². The number of pyridine rings is 1. The Labute approximate surface area is 290 Å². The average molecular weight is 647 g/mol. The van der Waals surface area contributed by atoms with Crippen LogP contribution in [0.2, 0.25) is 0 Å². The van der Waals surface area contributed by atoms with Gasteiger partial charge >= 0.3 is 0 Å². The molecule has 0 saturated carbocycles. The molecular weight excluding hydrogens is 601 g/mol. The van der Waals surface area contributed by atoms with Gasteiger partial charge in [-0.05, 0) is 109 Å². The molecule has 0 fully saturated rings. The second-order valence-corrected chi connectivity index (χ2v) is 14.9. The van der Waals surface area contributed by atoms with Crippen LogP contribution < -0.4 is 4.74 Å². The molecule has 3 heterocycles. The summed E-state index contributed by atoms with van der Waals surface area (Å²) in [4.78, 5) is 4.82. The van der Waals surface area contributed by atoms with E-state index in [1.54, 1.807) is 0 Å². The number of ether oxygens (including phenoxy) is 1. The second kappa shape index (κ2) is 12.4. The summed E-state index contributed by atoms with van der Waals surface area (Å²) in [5.41, 5.74) is 11.5. The van der Waals surface area contributed by atoms with E-state index in [1.807, 2.05) is 18.3 Å². The summed E-state index contributed by atoms with van der Waals surface area (Å²) in [5, 5.41) is 7.41. The van der Waals surface area contributed by atoms with Crippen LogP contribution in [-0.4, -0.2) is 19.3 Å². The third kappa shape index (κ3) is 6.03. The van der Waals surface area contributed by atoms with Crippen molar-refractivity contribution in [3.8, 4) is 34.1 Å². The first-order valence-electron chi connectivity index (χ1n) is 17.3. The minimum Gasteiger partial charge on any atom is -0.457 e. The maximum Gasteiger partial charge on any atom is 0.137 e. The van der Waals surface area contributed by atoms with Gasteiger partial charge in [0.1, 0.15) is 17.3 Å². The van der Waals surface area contributed by atoms with Crippen LogP contribution in [0.1, 0.15) is 81.5 Å². The topological polar surface area (TPSA) is 44.9 Å². The number of rotatable bonds is 7. The molecule has 5 heteroatoms. The van der Waals surface area contributed by atoms with Gasteiger partial charge in [0.2, 0.25) is 0 Å². The molecule has 0 saturated heterocycles. The first kappa shape index (κ1) is 32.4. The molecule has 0 aliphatic heterocycles. The molecule has 0 radical (unpaired) electrons. The second-order valence-electron chi connectivity index (χ2n) is 14.9. The first-order chi connectivity index (χ1) is 23.4. The molecule has 0 amide bonds. The molecule has 0 spiro atoms. The Morgan fingerprint density at radius 1 is 0.694 bits per heavy atom. The average Bonchev–Trinajstić information content (AvgIpc) is 3.56. The largest absolute Gasteiger partial charge is 0.457 e. The normalized spacial score (nSPS) is 12.7. The van der Waals surface area contributed by atoms with E-state index in [2.05, 4.69) is 156 Å². The Morgan fingerprint density at radius 3 is 2.18 bits per heavy atom. The van der Waals surface area contributed by atoms with Crippen LogP contribution in [0.25, 0.3) is 44.4 Å². The van der Waals surface area contributed by atoms with E-state index in [9.17, 15) is 0 Å². The highest BCUT2D eigenvalue weighted by molar-refractivity contribution is 6.09. The summed E-state index contributed by atoms with van der Waals surface area (Å²) in [5.74, 6) is 3.18. The van der Waals surface area contributed by atoms with Crippen molar-refractivity contribution >= 4 is 21.8 Å². The van der Waals surface area contributed by atoms with E-state index in [-0.39, 0.29) is 5.41 Å². The van der Waals surface area contributed by atoms with Gasteiger partial charge in [-0.25, -0.2) is 9.67 Å². The molecule has 5 nitrogen and oxygen atoms in total. The molecule has 4 aromatic carbocycles. The standard InChI is InChI=1S/C44H46N4O/c1-27(2)34-22-35(48-31(6)43(30(5)46-48)32-13-11-10-12-14-32)25-37(23-34)49-36-16-17-38-39-24-33(29(4)44(7,8)9)15-18-40(39)47(41(38)26-36)42-21-28(3)19-20-45-42/h10-27,29H,1-9H3. The van der Waals surface area contributed by atoms with Crippen LogP contribution in [0.15, 0.2) is 103 Å². The van der Waals surface area contributed by atoms with Crippen LogP contribution in [0.5, 0.6) is 11.5 Å². The quantitative estimate of drug-likeness (QED) is 0.173. The molecule has 3 aromatic heterocycles. The first-order valence-corrected chi connectivity index (χ1v) is 17.3. The summed E-state index contributed by atoms with van der Waals surface area (Å²) in [6.07, 6.45) is 1.89. The number of hydrogen-bond donors (Lipinski definition) is 0. The Balaban J connectivity index is 1.35. The highest BCUT2D eigenvalue weighted by atomic mass is 16.5. The highest BCUT2D eigenvalue weighted by Gasteiger charge is 2.24. The van der Waals surface area contributed by atoms with E-state index in [4.69, 9.17) is 14.8 Å². The summed E-state index contributed by atoms with van der Waals surface area (Å²) >= 11 is 0. The third-order valence-corrected chi connectivity index (χ3v) is 10.1. The molecular formula is C44H46N4O. The van der Waals surface area contributed by atoms with Crippen LogP contribution in [0.4, 0.5) is 0 Å². The van der Waals surface area contributed by atoms with Gasteiger partial charge in [-0.3, -0.25) is 4.57 Å². The van der Waals surface area contributed by atoms with E-state index < -0.39 is 0 Å². The number of fused-ring (bicyclic) bond motifs is 3. The van der Waals surface area contributed by atoms with Gasteiger partial charge in [0, 0.05) is 40.4 Å². The van der Waals surface area contributed by atoms with E-state index in [1.165, 1.54) is 38.6 Å². The Hall–Kier alpha value is -5.16. The third-order valence-electron chi connectivity index (χ3n) is 10.1. The number of benzene rings is 4. The lowest BCUT2D eigenvalue weighted by Gasteiger charge is -2.27. The minimum absolute atomic E-state index is 0.158. The highest BCUT2D eigenvalue weighted by Crippen LogP contribution is 2.40. The van der Waals surface area contributed by atoms with Gasteiger partial charge in [-0.2, -0.15) is 5.10 Å². The smallest absolute Gasteiger partial charge is 0.137 e. The van der Waals surface area contributed by atoms with Crippen LogP contribution in [-0.2, 0) is 0 Å². The molecule has 0 aliphatic rings. The van der Waals surface area contributed by atoms with Crippen molar-refractivity contribution in [3.05, 3.63) is 131 Å². The van der Waals surface area contributed by atoms with Crippen molar-refractivity contribution in [2.45, 2.75) is 74.1 Å². The molecule has 0 N–H and O–H groups in total. The van der Waals surface area contributed by atoms with Gasteiger partial charge in [0.15, 0.2) is 0 Å². The fourth-order valence-corrected chi connectivity index (χ4v) is 6.91. The van der Waals surface area contributed by atoms with Crippen molar-refractivity contribution < 1.29 is 4.74 Å². The lowest BCUT2D eigenvalue weighted by Crippen LogP contribution is -2.15. The van der Waals surface area contributed by atoms with Gasteiger partial charge in [-0.15, -0.1) is 0 Å². The summed E-state index contributed by atoms with van der Waals surface area (Å²) in [6.45, 7) is 20.0. The lowest BCUT2D eigenvalue weighted by molar-refractivity contribution is 0.340. The monoisotopic (exact) mass is 646 g/mol. The number of nitrogens with zero attached hydrogens (tertiary/aromatic N) is 4. The van der Waals surface area contributed by atoms with E-state index >= 15 is 0 Å². The number of aryl methyl sites for hydroxylation is 2. The Bertz CT molecular complexity index is 2320. The zero-order chi connectivity index (χ0) is 34.6. The molecule has 1 atom stereocenters. The predicted molar refractivity (Wildman–Crippen MR) is 204 cm³/mol. The summed E-state index contributed by atoms with van der Waals surface area (Å²) in [7, 11) is 0. The number of hydrogen-bond acceptors (Lipinski definition) is 3. The summed E-state index contributed by atoms with van der Waals surface area (Å²) in [6, 6.07) is 34.5. The van der Waals surface area contributed by atoms with Crippen LogP contribution in [0.3, 0.4) is 0 Å². The van der Waals surface area contributed by atoms with E-state index in [0.717, 1.165) is 45.4 Å². The zero-order valence-corrected chi connectivity index (χ0v) is 30.2. The number of aromatic nitrogens is 4. The molecule has 7 aromatic rings. The fourth-order valence-electron chi connectivity index (χ4n) is 6.91. The SMILES string of the molecule is Cc1ccnc(-n2c3ccc(C(C)C(C)(C)C)cc3c3ccc(Oc4cc(C(C)C)cc(-n5nc(C)c(-c6ccccc6)c5C)c4)cc32)c1. The summed E-state index contributed by atoms with van der Waals surface area (Å²) < 4.78 is 11.1. The fraction of sp³-hybridized carbons (Fsp3) is 0.273. The molecule has 0 aliphatic carbocycles. The maximum absolute atomic E-state index is 6.74. The van der Waals surface area contributed by atoms with Crippen molar-refractivity contribution in [1.82, 2.24) is 19.3 Å². The van der Waals surface area contributed by atoms with Crippen LogP contribution in [0, 0.1) is 26.2 Å². The Kier molecular flexibility index (Phi) is 8.18.